The standard InChI is InChI=1S/C20H30N6OS/c1-15-24-25-18(26(15)2)14-22-19(21-13-17-6-5-11-28-17)23-16-7-10-27-20(12-16)8-3-4-9-20/h5-6,11,16H,3-4,7-10,12-14H2,1-2H3,(H2,21,22,23). The van der Waals surface area contributed by atoms with Crippen LogP contribution in [-0.4, -0.2) is 39.0 Å². The van der Waals surface area contributed by atoms with E-state index in [1.54, 1.807) is 11.3 Å². The highest BCUT2D eigenvalue weighted by Crippen LogP contribution is 2.39. The highest BCUT2D eigenvalue weighted by Gasteiger charge is 2.40. The van der Waals surface area contributed by atoms with E-state index >= 15 is 0 Å². The third-order valence-corrected chi connectivity index (χ3v) is 6.80. The van der Waals surface area contributed by atoms with E-state index in [1.807, 2.05) is 18.5 Å². The van der Waals surface area contributed by atoms with Crippen molar-refractivity contribution in [3.8, 4) is 0 Å². The molecule has 152 valence electrons. The second-order valence-electron chi connectivity index (χ2n) is 7.89. The molecule has 7 nitrogen and oxygen atoms in total. The summed E-state index contributed by atoms with van der Waals surface area (Å²) in [5.74, 6) is 2.61. The van der Waals surface area contributed by atoms with Crippen LogP contribution in [0.4, 0.5) is 0 Å². The van der Waals surface area contributed by atoms with Crippen molar-refractivity contribution in [2.75, 3.05) is 6.61 Å². The molecule has 0 bridgehead atoms. The first-order valence-corrected chi connectivity index (χ1v) is 11.1. The summed E-state index contributed by atoms with van der Waals surface area (Å²) in [6.07, 6.45) is 7.04. The van der Waals surface area contributed by atoms with Gasteiger partial charge in [0, 0.05) is 24.6 Å². The van der Waals surface area contributed by atoms with Crippen LogP contribution in [-0.2, 0) is 24.9 Å². The van der Waals surface area contributed by atoms with Crippen LogP contribution < -0.4 is 10.6 Å². The zero-order valence-corrected chi connectivity index (χ0v) is 17.6. The van der Waals surface area contributed by atoms with Crippen molar-refractivity contribution in [3.05, 3.63) is 34.0 Å². The number of nitrogens with one attached hydrogen (secondary N) is 2. The number of nitrogens with zero attached hydrogens (tertiary/aromatic N) is 4. The first kappa shape index (κ1) is 19.4. The van der Waals surface area contributed by atoms with Crippen LogP contribution in [0.5, 0.6) is 0 Å². The molecule has 1 atom stereocenters. The Morgan fingerprint density at radius 3 is 2.96 bits per heavy atom. The number of guanidine groups is 1. The molecule has 0 amide bonds. The molecule has 2 aromatic rings. The minimum Gasteiger partial charge on any atom is -0.375 e. The van der Waals surface area contributed by atoms with Gasteiger partial charge in [0.2, 0.25) is 0 Å². The Balaban J connectivity index is 1.43. The SMILES string of the molecule is Cc1nnc(CN=C(NCc2cccs2)NC2CCOC3(CCCC3)C2)n1C. The Morgan fingerprint density at radius 1 is 1.39 bits per heavy atom. The maximum absolute atomic E-state index is 6.18. The molecule has 1 unspecified atom stereocenters. The summed E-state index contributed by atoms with van der Waals surface area (Å²) in [4.78, 5) is 6.11. The number of aryl methyl sites for hydroxylation is 1. The number of aromatic nitrogens is 3. The predicted octanol–water partition coefficient (Wildman–Crippen LogP) is 2.91. The fourth-order valence-corrected chi connectivity index (χ4v) is 4.83. The molecule has 2 aromatic heterocycles. The Hall–Kier alpha value is -1.93. The lowest BCUT2D eigenvalue weighted by Crippen LogP contribution is -2.50. The fraction of sp³-hybridized carbons (Fsp3) is 0.650. The average molecular weight is 403 g/mol. The average Bonchev–Trinajstić information content (AvgIpc) is 3.43. The van der Waals surface area contributed by atoms with Crippen molar-refractivity contribution in [2.24, 2.45) is 12.0 Å². The summed E-state index contributed by atoms with van der Waals surface area (Å²) < 4.78 is 8.17. The van der Waals surface area contributed by atoms with Gasteiger partial charge in [-0.15, -0.1) is 21.5 Å². The summed E-state index contributed by atoms with van der Waals surface area (Å²) in [6, 6.07) is 4.61. The smallest absolute Gasteiger partial charge is 0.192 e. The van der Waals surface area contributed by atoms with Gasteiger partial charge in [0.1, 0.15) is 12.4 Å². The molecule has 28 heavy (non-hydrogen) atoms. The minimum atomic E-state index is 0.0927. The summed E-state index contributed by atoms with van der Waals surface area (Å²) in [5.41, 5.74) is 0.0927. The maximum atomic E-state index is 6.18. The van der Waals surface area contributed by atoms with Gasteiger partial charge in [-0.3, -0.25) is 0 Å². The topological polar surface area (TPSA) is 76.4 Å². The van der Waals surface area contributed by atoms with Gasteiger partial charge in [-0.25, -0.2) is 4.99 Å². The van der Waals surface area contributed by atoms with Crippen molar-refractivity contribution in [3.63, 3.8) is 0 Å². The zero-order valence-electron chi connectivity index (χ0n) is 16.8. The molecule has 1 saturated heterocycles. The van der Waals surface area contributed by atoms with Crippen molar-refractivity contribution in [1.82, 2.24) is 25.4 Å². The molecule has 3 heterocycles. The zero-order chi connectivity index (χ0) is 19.4. The van der Waals surface area contributed by atoms with Crippen LogP contribution in [0.15, 0.2) is 22.5 Å². The largest absolute Gasteiger partial charge is 0.375 e. The second-order valence-corrected chi connectivity index (χ2v) is 8.93. The maximum Gasteiger partial charge on any atom is 0.192 e. The Labute approximate surface area is 170 Å². The molecule has 4 rings (SSSR count). The van der Waals surface area contributed by atoms with Gasteiger partial charge in [0.05, 0.1) is 12.1 Å². The van der Waals surface area contributed by atoms with Crippen LogP contribution in [0.2, 0.25) is 0 Å². The summed E-state index contributed by atoms with van der Waals surface area (Å²) in [7, 11) is 1.98. The third-order valence-electron chi connectivity index (χ3n) is 5.92. The van der Waals surface area contributed by atoms with Crippen LogP contribution in [0.1, 0.15) is 55.1 Å². The Bertz CT molecular complexity index is 794. The molecule has 1 aliphatic heterocycles. The first-order chi connectivity index (χ1) is 13.6. The lowest BCUT2D eigenvalue weighted by Gasteiger charge is -2.39. The fourth-order valence-electron chi connectivity index (χ4n) is 4.19. The number of hydrogen-bond acceptors (Lipinski definition) is 5. The molecule has 1 aliphatic carbocycles. The van der Waals surface area contributed by atoms with Crippen LogP contribution in [0.3, 0.4) is 0 Å². The van der Waals surface area contributed by atoms with Crippen molar-refractivity contribution in [2.45, 2.75) is 70.2 Å². The third kappa shape index (κ3) is 4.55. The number of hydrogen-bond donors (Lipinski definition) is 2. The van der Waals surface area contributed by atoms with E-state index in [2.05, 4.69) is 38.3 Å². The van der Waals surface area contributed by atoms with E-state index in [0.717, 1.165) is 43.6 Å². The molecule has 1 spiro atoms. The monoisotopic (exact) mass is 402 g/mol. The molecular weight excluding hydrogens is 372 g/mol. The van der Waals surface area contributed by atoms with E-state index in [9.17, 15) is 0 Å². The van der Waals surface area contributed by atoms with Gasteiger partial charge in [-0.05, 0) is 44.1 Å². The molecule has 2 fully saturated rings. The number of ether oxygens (including phenoxy) is 1. The molecule has 1 saturated carbocycles. The van der Waals surface area contributed by atoms with Crippen LogP contribution in [0, 0.1) is 6.92 Å². The molecule has 0 aromatic carbocycles. The summed E-state index contributed by atoms with van der Waals surface area (Å²) in [5, 5.41) is 17.6. The Kier molecular flexibility index (Phi) is 5.96. The molecular formula is C20H30N6OS. The summed E-state index contributed by atoms with van der Waals surface area (Å²) in [6.45, 7) is 4.07. The van der Waals surface area contributed by atoms with E-state index in [4.69, 9.17) is 9.73 Å². The van der Waals surface area contributed by atoms with Crippen LogP contribution in [0.25, 0.3) is 0 Å². The lowest BCUT2D eigenvalue weighted by atomic mass is 9.89. The number of rotatable bonds is 5. The van der Waals surface area contributed by atoms with E-state index in [1.165, 1.54) is 30.6 Å². The van der Waals surface area contributed by atoms with Gasteiger partial charge in [-0.1, -0.05) is 18.9 Å². The number of aliphatic imine (C=N–C) groups is 1. The van der Waals surface area contributed by atoms with Gasteiger partial charge in [0.25, 0.3) is 0 Å². The van der Waals surface area contributed by atoms with Crippen molar-refractivity contribution >= 4 is 17.3 Å². The molecule has 2 aliphatic rings. The predicted molar refractivity (Wildman–Crippen MR) is 111 cm³/mol. The quantitative estimate of drug-likeness (QED) is 0.594. The van der Waals surface area contributed by atoms with Gasteiger partial charge in [0.15, 0.2) is 11.8 Å². The summed E-state index contributed by atoms with van der Waals surface area (Å²) >= 11 is 1.75. The molecule has 0 radical (unpaired) electrons. The van der Waals surface area contributed by atoms with Crippen LogP contribution >= 0.6 is 11.3 Å². The van der Waals surface area contributed by atoms with E-state index < -0.39 is 0 Å². The molecule has 2 N–H and O–H groups in total. The van der Waals surface area contributed by atoms with Gasteiger partial charge < -0.3 is 19.9 Å². The van der Waals surface area contributed by atoms with Crippen molar-refractivity contribution in [1.29, 1.82) is 0 Å². The van der Waals surface area contributed by atoms with Crippen molar-refractivity contribution < 1.29 is 4.74 Å². The lowest BCUT2D eigenvalue weighted by molar-refractivity contribution is -0.0815. The minimum absolute atomic E-state index is 0.0927. The first-order valence-electron chi connectivity index (χ1n) is 10.2. The highest BCUT2D eigenvalue weighted by atomic mass is 32.1. The molecule has 8 heteroatoms. The Morgan fingerprint density at radius 2 is 2.25 bits per heavy atom. The van der Waals surface area contributed by atoms with E-state index in [-0.39, 0.29) is 5.60 Å². The van der Waals surface area contributed by atoms with Gasteiger partial charge in [-0.2, -0.15) is 0 Å². The second kappa shape index (κ2) is 8.61. The highest BCUT2D eigenvalue weighted by molar-refractivity contribution is 7.09. The van der Waals surface area contributed by atoms with E-state index in [0.29, 0.717) is 12.6 Å². The normalized spacial score (nSPS) is 21.9. The number of thiophene rings is 1. The van der Waals surface area contributed by atoms with Gasteiger partial charge >= 0.3 is 0 Å².